The van der Waals surface area contributed by atoms with Gasteiger partial charge in [0.1, 0.15) is 11.5 Å². The van der Waals surface area contributed by atoms with Crippen LogP contribution in [-0.4, -0.2) is 74.6 Å². The number of ether oxygens (including phenoxy) is 2. The lowest BCUT2D eigenvalue weighted by Crippen LogP contribution is -2.50. The topological polar surface area (TPSA) is 71.1 Å². The Bertz CT molecular complexity index is 860. The first-order valence-electron chi connectivity index (χ1n) is 11.3. The molecule has 1 fully saturated rings. The molecular weight excluding hydrogens is 406 g/mol. The lowest BCUT2D eigenvalue weighted by molar-refractivity contribution is 0.0638. The molecule has 0 bridgehead atoms. The van der Waals surface area contributed by atoms with Gasteiger partial charge in [0, 0.05) is 50.4 Å². The second kappa shape index (κ2) is 12.1. The maximum Gasteiger partial charge on any atom is 0.253 e. The van der Waals surface area contributed by atoms with E-state index in [0.717, 1.165) is 44.0 Å². The number of benzene rings is 2. The van der Waals surface area contributed by atoms with Crippen LogP contribution in [0.15, 0.2) is 48.5 Å². The first kappa shape index (κ1) is 23.6. The van der Waals surface area contributed by atoms with E-state index < -0.39 is 0 Å². The summed E-state index contributed by atoms with van der Waals surface area (Å²) in [6.45, 7) is 7.10. The van der Waals surface area contributed by atoms with Crippen molar-refractivity contribution in [3.8, 4) is 11.5 Å². The average Bonchev–Trinajstić information content (AvgIpc) is 2.84. The molecule has 0 spiro atoms. The summed E-state index contributed by atoms with van der Waals surface area (Å²) < 4.78 is 10.8. The summed E-state index contributed by atoms with van der Waals surface area (Å²) in [7, 11) is 1.60. The SMILES string of the molecule is CCCCOc1ccc(C(=O)N2CCN(CCNC(=O)c3ccc(OC)cc3)CC2)cc1. The van der Waals surface area contributed by atoms with Crippen LogP contribution in [0.5, 0.6) is 11.5 Å². The zero-order chi connectivity index (χ0) is 22.8. The van der Waals surface area contributed by atoms with E-state index in [1.807, 2.05) is 29.2 Å². The Kier molecular flexibility index (Phi) is 8.92. The molecule has 1 aliphatic heterocycles. The number of rotatable bonds is 10. The lowest BCUT2D eigenvalue weighted by Gasteiger charge is -2.34. The van der Waals surface area contributed by atoms with E-state index >= 15 is 0 Å². The number of carbonyl (C=O) groups is 2. The standard InChI is InChI=1S/C25H33N3O4/c1-3-4-19-32-23-11-7-21(8-12-23)25(30)28-17-15-27(16-18-28)14-13-26-24(29)20-5-9-22(31-2)10-6-20/h5-12H,3-4,13-19H2,1-2H3,(H,26,29). The highest BCUT2D eigenvalue weighted by molar-refractivity contribution is 5.94. The second-order valence-electron chi connectivity index (χ2n) is 7.84. The molecule has 0 aliphatic carbocycles. The van der Waals surface area contributed by atoms with Gasteiger partial charge in [0.25, 0.3) is 11.8 Å². The summed E-state index contributed by atoms with van der Waals surface area (Å²) in [6, 6.07) is 14.5. The molecule has 2 aromatic carbocycles. The van der Waals surface area contributed by atoms with Crippen LogP contribution in [-0.2, 0) is 0 Å². The van der Waals surface area contributed by atoms with E-state index in [-0.39, 0.29) is 11.8 Å². The number of unbranched alkanes of at least 4 members (excludes halogenated alkanes) is 1. The van der Waals surface area contributed by atoms with Gasteiger partial charge in [-0.2, -0.15) is 0 Å². The third-order valence-corrected chi connectivity index (χ3v) is 5.59. The fraction of sp³-hybridized carbons (Fsp3) is 0.440. The van der Waals surface area contributed by atoms with Gasteiger partial charge < -0.3 is 19.7 Å². The molecule has 0 saturated carbocycles. The molecular formula is C25H33N3O4. The number of nitrogens with one attached hydrogen (secondary N) is 1. The minimum Gasteiger partial charge on any atom is -0.497 e. The van der Waals surface area contributed by atoms with Crippen LogP contribution in [0.4, 0.5) is 0 Å². The maximum absolute atomic E-state index is 12.8. The molecule has 1 heterocycles. The monoisotopic (exact) mass is 439 g/mol. The number of methoxy groups -OCH3 is 1. The Balaban J connectivity index is 1.37. The first-order chi connectivity index (χ1) is 15.6. The summed E-state index contributed by atoms with van der Waals surface area (Å²) >= 11 is 0. The zero-order valence-electron chi connectivity index (χ0n) is 19.0. The van der Waals surface area contributed by atoms with Gasteiger partial charge in [-0.3, -0.25) is 14.5 Å². The van der Waals surface area contributed by atoms with Crippen LogP contribution >= 0.6 is 0 Å². The van der Waals surface area contributed by atoms with E-state index in [1.54, 1.807) is 31.4 Å². The van der Waals surface area contributed by atoms with E-state index in [2.05, 4.69) is 17.1 Å². The van der Waals surface area contributed by atoms with Crippen molar-refractivity contribution in [2.45, 2.75) is 19.8 Å². The highest BCUT2D eigenvalue weighted by atomic mass is 16.5. The molecule has 1 saturated heterocycles. The highest BCUT2D eigenvalue weighted by Gasteiger charge is 2.22. The summed E-state index contributed by atoms with van der Waals surface area (Å²) in [6.07, 6.45) is 2.12. The van der Waals surface area contributed by atoms with Gasteiger partial charge in [-0.25, -0.2) is 0 Å². The van der Waals surface area contributed by atoms with Gasteiger partial charge in [0.05, 0.1) is 13.7 Å². The Morgan fingerprint density at radius 3 is 2.16 bits per heavy atom. The van der Waals surface area contributed by atoms with Crippen LogP contribution in [0.25, 0.3) is 0 Å². The number of piperazine rings is 1. The van der Waals surface area contributed by atoms with E-state index in [1.165, 1.54) is 0 Å². The summed E-state index contributed by atoms with van der Waals surface area (Å²) in [5.74, 6) is 1.49. The molecule has 0 radical (unpaired) electrons. The molecule has 0 atom stereocenters. The lowest BCUT2D eigenvalue weighted by atomic mass is 10.1. The fourth-order valence-electron chi connectivity index (χ4n) is 3.56. The number of amides is 2. The first-order valence-corrected chi connectivity index (χ1v) is 11.3. The van der Waals surface area contributed by atoms with Gasteiger partial charge in [-0.15, -0.1) is 0 Å². The number of nitrogens with zero attached hydrogens (tertiary/aromatic N) is 2. The average molecular weight is 440 g/mol. The normalized spacial score (nSPS) is 14.1. The minimum atomic E-state index is -0.0939. The van der Waals surface area contributed by atoms with Crippen LogP contribution < -0.4 is 14.8 Å². The van der Waals surface area contributed by atoms with Crippen molar-refractivity contribution in [3.63, 3.8) is 0 Å². The van der Waals surface area contributed by atoms with Crippen molar-refractivity contribution in [1.82, 2.24) is 15.1 Å². The van der Waals surface area contributed by atoms with Gasteiger partial charge in [-0.05, 0) is 55.0 Å². The van der Waals surface area contributed by atoms with Crippen LogP contribution in [0, 0.1) is 0 Å². The molecule has 32 heavy (non-hydrogen) atoms. The Labute approximate surface area is 190 Å². The summed E-state index contributed by atoms with van der Waals surface area (Å²) in [5.41, 5.74) is 1.30. The summed E-state index contributed by atoms with van der Waals surface area (Å²) in [5, 5.41) is 2.95. The highest BCUT2D eigenvalue weighted by Crippen LogP contribution is 2.15. The van der Waals surface area contributed by atoms with Crippen LogP contribution in [0.3, 0.4) is 0 Å². The van der Waals surface area contributed by atoms with Crippen molar-refractivity contribution >= 4 is 11.8 Å². The predicted octanol–water partition coefficient (Wildman–Crippen LogP) is 3.06. The van der Waals surface area contributed by atoms with Gasteiger partial charge in [-0.1, -0.05) is 13.3 Å². The largest absolute Gasteiger partial charge is 0.497 e. The van der Waals surface area contributed by atoms with Crippen molar-refractivity contribution in [1.29, 1.82) is 0 Å². The molecule has 172 valence electrons. The smallest absolute Gasteiger partial charge is 0.253 e. The van der Waals surface area contributed by atoms with Crippen molar-refractivity contribution in [3.05, 3.63) is 59.7 Å². The quantitative estimate of drug-likeness (QED) is 0.576. The molecule has 1 aliphatic rings. The van der Waals surface area contributed by atoms with Gasteiger partial charge in [0.15, 0.2) is 0 Å². The van der Waals surface area contributed by atoms with Crippen LogP contribution in [0.2, 0.25) is 0 Å². The number of hydrogen-bond acceptors (Lipinski definition) is 5. The third-order valence-electron chi connectivity index (χ3n) is 5.59. The Morgan fingerprint density at radius 1 is 0.906 bits per heavy atom. The predicted molar refractivity (Wildman–Crippen MR) is 125 cm³/mol. The molecule has 1 N–H and O–H groups in total. The number of carbonyl (C=O) groups excluding carboxylic acids is 2. The minimum absolute atomic E-state index is 0.0533. The van der Waals surface area contributed by atoms with Crippen molar-refractivity contribution < 1.29 is 19.1 Å². The molecule has 2 aromatic rings. The Morgan fingerprint density at radius 2 is 1.53 bits per heavy atom. The fourth-order valence-corrected chi connectivity index (χ4v) is 3.56. The zero-order valence-corrected chi connectivity index (χ0v) is 19.0. The molecule has 2 amide bonds. The molecule has 0 unspecified atom stereocenters. The van der Waals surface area contributed by atoms with E-state index in [4.69, 9.17) is 9.47 Å². The summed E-state index contributed by atoms with van der Waals surface area (Å²) in [4.78, 5) is 29.2. The second-order valence-corrected chi connectivity index (χ2v) is 7.84. The molecule has 7 heteroatoms. The maximum atomic E-state index is 12.8. The molecule has 0 aromatic heterocycles. The number of hydrogen-bond donors (Lipinski definition) is 1. The Hall–Kier alpha value is -3.06. The van der Waals surface area contributed by atoms with E-state index in [9.17, 15) is 9.59 Å². The molecule has 7 nitrogen and oxygen atoms in total. The van der Waals surface area contributed by atoms with Crippen molar-refractivity contribution in [2.24, 2.45) is 0 Å². The van der Waals surface area contributed by atoms with Gasteiger partial charge in [0.2, 0.25) is 0 Å². The third kappa shape index (κ3) is 6.72. The van der Waals surface area contributed by atoms with E-state index in [0.29, 0.717) is 37.4 Å². The molecule has 3 rings (SSSR count). The van der Waals surface area contributed by atoms with Crippen molar-refractivity contribution in [2.75, 3.05) is 53.0 Å². The van der Waals surface area contributed by atoms with Gasteiger partial charge >= 0.3 is 0 Å². The van der Waals surface area contributed by atoms with Crippen LogP contribution in [0.1, 0.15) is 40.5 Å².